The first kappa shape index (κ1) is 21.0. The van der Waals surface area contributed by atoms with Crippen molar-refractivity contribution in [3.63, 3.8) is 0 Å². The molecule has 0 radical (unpaired) electrons. The van der Waals surface area contributed by atoms with Crippen molar-refractivity contribution in [2.24, 2.45) is 0 Å². The minimum Gasteiger partial charge on any atom is -0.344 e. The van der Waals surface area contributed by atoms with Gasteiger partial charge in [-0.3, -0.25) is 14.9 Å². The summed E-state index contributed by atoms with van der Waals surface area (Å²) in [5.74, 6) is 0.406. The van der Waals surface area contributed by atoms with Gasteiger partial charge in [-0.15, -0.1) is 0 Å². The van der Waals surface area contributed by atoms with Crippen molar-refractivity contribution in [1.29, 1.82) is 0 Å². The number of aromatic amines is 1. The average Bonchev–Trinajstić information content (AvgIpc) is 3.21. The molecule has 1 saturated heterocycles. The molecule has 2 aromatic carbocycles. The lowest BCUT2D eigenvalue weighted by Crippen LogP contribution is -2.29. The van der Waals surface area contributed by atoms with Crippen LogP contribution in [-0.4, -0.2) is 39.1 Å². The van der Waals surface area contributed by atoms with Crippen molar-refractivity contribution in [2.75, 3.05) is 13.1 Å². The first-order valence-corrected chi connectivity index (χ1v) is 10.8. The van der Waals surface area contributed by atoms with Gasteiger partial charge < -0.3 is 4.98 Å². The van der Waals surface area contributed by atoms with Gasteiger partial charge in [0.2, 0.25) is 0 Å². The summed E-state index contributed by atoms with van der Waals surface area (Å²) >= 11 is 0. The third-order valence-corrected chi connectivity index (χ3v) is 5.59. The Labute approximate surface area is 182 Å². The van der Waals surface area contributed by atoms with Crippen LogP contribution in [0.2, 0.25) is 0 Å². The standard InChI is InChI=1S/C25H28N4O2/c30-24(28-31)14-13-19-9-11-20(12-10-19)17-23-26-22(18-29-15-5-2-6-16-29)25(27-23)21-7-3-1-4-8-21/h1,3-4,7-14,31H,2,5-6,15-18H2,(H,26,27)(H,28,30)/b14-13+. The Bertz CT molecular complexity index is 1020. The molecule has 0 atom stereocenters. The summed E-state index contributed by atoms with van der Waals surface area (Å²) in [6.07, 6.45) is 7.52. The zero-order valence-corrected chi connectivity index (χ0v) is 17.6. The summed E-state index contributed by atoms with van der Waals surface area (Å²) in [6.45, 7) is 3.19. The average molecular weight is 417 g/mol. The zero-order chi connectivity index (χ0) is 21.5. The number of hydroxylamine groups is 1. The van der Waals surface area contributed by atoms with Crippen LogP contribution in [0.15, 0.2) is 60.7 Å². The molecule has 0 unspecified atom stereocenters. The van der Waals surface area contributed by atoms with Crippen LogP contribution in [-0.2, 0) is 17.8 Å². The van der Waals surface area contributed by atoms with Crippen LogP contribution in [0.5, 0.6) is 0 Å². The number of carbonyl (C=O) groups is 1. The number of likely N-dealkylation sites (tertiary alicyclic amines) is 1. The smallest absolute Gasteiger partial charge is 0.267 e. The first-order valence-electron chi connectivity index (χ1n) is 10.8. The number of benzene rings is 2. The molecule has 1 fully saturated rings. The topological polar surface area (TPSA) is 81.2 Å². The largest absolute Gasteiger partial charge is 0.344 e. The predicted molar refractivity (Wildman–Crippen MR) is 121 cm³/mol. The van der Waals surface area contributed by atoms with E-state index < -0.39 is 5.91 Å². The van der Waals surface area contributed by atoms with E-state index in [1.54, 1.807) is 11.6 Å². The quantitative estimate of drug-likeness (QED) is 0.307. The fraction of sp³-hybridized carbons (Fsp3) is 0.280. The van der Waals surface area contributed by atoms with E-state index >= 15 is 0 Å². The molecule has 1 aliphatic rings. The molecule has 1 amide bonds. The third kappa shape index (κ3) is 5.69. The van der Waals surface area contributed by atoms with E-state index in [1.807, 2.05) is 30.3 Å². The lowest BCUT2D eigenvalue weighted by Gasteiger charge is -2.26. The summed E-state index contributed by atoms with van der Waals surface area (Å²) in [7, 11) is 0. The maximum absolute atomic E-state index is 11.1. The molecular formula is C25H28N4O2. The Hall–Kier alpha value is -3.22. The second-order valence-corrected chi connectivity index (χ2v) is 7.94. The molecule has 2 heterocycles. The van der Waals surface area contributed by atoms with Gasteiger partial charge in [0.25, 0.3) is 5.91 Å². The van der Waals surface area contributed by atoms with Gasteiger partial charge in [-0.1, -0.05) is 61.0 Å². The second-order valence-electron chi connectivity index (χ2n) is 7.94. The van der Waals surface area contributed by atoms with Crippen molar-refractivity contribution in [3.05, 3.63) is 83.3 Å². The normalized spacial score (nSPS) is 14.7. The molecule has 160 valence electrons. The number of piperidine rings is 1. The van der Waals surface area contributed by atoms with Crippen LogP contribution in [0.4, 0.5) is 0 Å². The van der Waals surface area contributed by atoms with Crippen molar-refractivity contribution in [2.45, 2.75) is 32.2 Å². The van der Waals surface area contributed by atoms with Crippen LogP contribution in [0.3, 0.4) is 0 Å². The van der Waals surface area contributed by atoms with Gasteiger partial charge >= 0.3 is 0 Å². The zero-order valence-electron chi connectivity index (χ0n) is 17.6. The molecule has 6 nitrogen and oxygen atoms in total. The molecule has 31 heavy (non-hydrogen) atoms. The lowest BCUT2D eigenvalue weighted by molar-refractivity contribution is -0.124. The molecule has 4 rings (SSSR count). The van der Waals surface area contributed by atoms with Gasteiger partial charge in [0, 0.05) is 24.6 Å². The van der Waals surface area contributed by atoms with E-state index in [-0.39, 0.29) is 0 Å². The monoisotopic (exact) mass is 416 g/mol. The minimum atomic E-state index is -0.547. The molecule has 0 saturated carbocycles. The number of nitrogens with one attached hydrogen (secondary N) is 2. The fourth-order valence-electron chi connectivity index (χ4n) is 3.99. The molecule has 0 bridgehead atoms. The number of rotatable bonds is 7. The van der Waals surface area contributed by atoms with Crippen molar-refractivity contribution in [3.8, 4) is 11.3 Å². The first-order chi connectivity index (χ1) is 15.2. The SMILES string of the molecule is O=C(/C=C/c1ccc(Cc2nc(-c3ccccc3)c(CN3CCCCC3)[nH]2)cc1)NO. The maximum atomic E-state index is 11.1. The van der Waals surface area contributed by atoms with Crippen molar-refractivity contribution >= 4 is 12.0 Å². The number of imidazole rings is 1. The second kappa shape index (κ2) is 10.2. The third-order valence-electron chi connectivity index (χ3n) is 5.59. The Morgan fingerprint density at radius 3 is 2.52 bits per heavy atom. The van der Waals surface area contributed by atoms with Crippen molar-refractivity contribution < 1.29 is 10.0 Å². The number of hydrogen-bond acceptors (Lipinski definition) is 4. The molecule has 0 aliphatic carbocycles. The van der Waals surface area contributed by atoms with Gasteiger partial charge in [0.15, 0.2) is 0 Å². The summed E-state index contributed by atoms with van der Waals surface area (Å²) in [5.41, 5.74) is 6.97. The van der Waals surface area contributed by atoms with Crippen molar-refractivity contribution in [1.82, 2.24) is 20.3 Å². The Morgan fingerprint density at radius 2 is 1.81 bits per heavy atom. The molecule has 3 N–H and O–H groups in total. The lowest BCUT2D eigenvalue weighted by atomic mass is 10.1. The number of amides is 1. The van der Waals surface area contributed by atoms with E-state index in [0.29, 0.717) is 6.42 Å². The number of nitrogens with zero attached hydrogens (tertiary/aromatic N) is 2. The Morgan fingerprint density at radius 1 is 1.06 bits per heavy atom. The van der Waals surface area contributed by atoms with Gasteiger partial charge in [0.05, 0.1) is 11.4 Å². The van der Waals surface area contributed by atoms with E-state index in [4.69, 9.17) is 10.2 Å². The van der Waals surface area contributed by atoms with Crippen LogP contribution in [0, 0.1) is 0 Å². The summed E-state index contributed by atoms with van der Waals surface area (Å²) in [4.78, 5) is 22.2. The molecule has 1 aromatic heterocycles. The van der Waals surface area contributed by atoms with E-state index in [0.717, 1.165) is 47.8 Å². The highest BCUT2D eigenvalue weighted by molar-refractivity contribution is 5.90. The van der Waals surface area contributed by atoms with E-state index in [2.05, 4.69) is 34.1 Å². The fourth-order valence-corrected chi connectivity index (χ4v) is 3.99. The van der Waals surface area contributed by atoms with Crippen LogP contribution in [0.1, 0.15) is 41.9 Å². The highest BCUT2D eigenvalue weighted by atomic mass is 16.5. The van der Waals surface area contributed by atoms with Gasteiger partial charge in [-0.2, -0.15) is 0 Å². The number of carbonyl (C=O) groups excluding carboxylic acids is 1. The molecule has 3 aromatic rings. The number of aromatic nitrogens is 2. The van der Waals surface area contributed by atoms with Gasteiger partial charge in [0.1, 0.15) is 5.82 Å². The summed E-state index contributed by atoms with van der Waals surface area (Å²) in [6, 6.07) is 18.3. The predicted octanol–water partition coefficient (Wildman–Crippen LogP) is 4.17. The Kier molecular flexibility index (Phi) is 6.92. The van der Waals surface area contributed by atoms with Gasteiger partial charge in [-0.25, -0.2) is 10.5 Å². The van der Waals surface area contributed by atoms with E-state index in [1.165, 1.54) is 31.0 Å². The number of H-pyrrole nitrogens is 1. The van der Waals surface area contributed by atoms with E-state index in [9.17, 15) is 4.79 Å². The molecule has 1 aliphatic heterocycles. The van der Waals surface area contributed by atoms with Crippen LogP contribution in [0.25, 0.3) is 17.3 Å². The van der Waals surface area contributed by atoms with Crippen LogP contribution >= 0.6 is 0 Å². The Balaban J connectivity index is 1.52. The van der Waals surface area contributed by atoms with Crippen LogP contribution < -0.4 is 5.48 Å². The molecule has 6 heteroatoms. The maximum Gasteiger partial charge on any atom is 0.267 e. The van der Waals surface area contributed by atoms with Gasteiger partial charge in [-0.05, 0) is 43.1 Å². The molecule has 0 spiro atoms. The summed E-state index contributed by atoms with van der Waals surface area (Å²) < 4.78 is 0. The molecular weight excluding hydrogens is 388 g/mol. The number of hydrogen-bond donors (Lipinski definition) is 3. The highest BCUT2D eigenvalue weighted by Gasteiger charge is 2.17. The highest BCUT2D eigenvalue weighted by Crippen LogP contribution is 2.25. The minimum absolute atomic E-state index is 0.547. The summed E-state index contributed by atoms with van der Waals surface area (Å²) in [5, 5.41) is 8.57.